The third kappa shape index (κ3) is 4.89. The van der Waals surface area contributed by atoms with E-state index in [1.54, 1.807) is 13.1 Å². The van der Waals surface area contributed by atoms with Crippen LogP contribution in [0.1, 0.15) is 38.7 Å². The Balaban J connectivity index is 1.48. The Hall–Kier alpha value is -1.33. The summed E-state index contributed by atoms with van der Waals surface area (Å²) in [6.45, 7) is 8.23. The van der Waals surface area contributed by atoms with E-state index >= 15 is 0 Å². The molecule has 4 nitrogen and oxygen atoms in total. The topological polar surface area (TPSA) is 39.7 Å². The molecule has 144 valence electrons. The highest BCUT2D eigenvalue weighted by molar-refractivity contribution is 6.31. The lowest BCUT2D eigenvalue weighted by molar-refractivity contribution is 0.314. The van der Waals surface area contributed by atoms with E-state index in [0.29, 0.717) is 17.5 Å². The van der Waals surface area contributed by atoms with Gasteiger partial charge in [-0.05, 0) is 49.4 Å². The molecule has 1 atom stereocenters. The lowest BCUT2D eigenvalue weighted by Gasteiger charge is -2.28. The second-order valence-corrected chi connectivity index (χ2v) is 8.60. The zero-order valence-electron chi connectivity index (χ0n) is 16.0. The third-order valence-electron chi connectivity index (χ3n) is 5.52. The highest BCUT2D eigenvalue weighted by Crippen LogP contribution is 2.31. The maximum atomic E-state index is 13.3. The fourth-order valence-corrected chi connectivity index (χ4v) is 4.12. The Kier molecular flexibility index (Phi) is 6.08. The number of hydrogen-bond acceptors (Lipinski definition) is 2. The number of benzene rings is 1. The number of nitrogens with one attached hydrogen (secondary N) is 2. The minimum absolute atomic E-state index is 0.238. The van der Waals surface area contributed by atoms with Gasteiger partial charge in [0.15, 0.2) is 5.96 Å². The number of rotatable bonds is 6. The van der Waals surface area contributed by atoms with Crippen LogP contribution in [0.5, 0.6) is 0 Å². The summed E-state index contributed by atoms with van der Waals surface area (Å²) in [5.74, 6) is 1.19. The molecule has 2 fully saturated rings. The van der Waals surface area contributed by atoms with Gasteiger partial charge < -0.3 is 15.5 Å². The molecule has 2 aliphatic rings. The van der Waals surface area contributed by atoms with Gasteiger partial charge in [0.05, 0.1) is 0 Å². The van der Waals surface area contributed by atoms with Crippen LogP contribution in [0.25, 0.3) is 0 Å². The van der Waals surface area contributed by atoms with E-state index in [1.165, 1.54) is 44.5 Å². The highest BCUT2D eigenvalue weighted by Gasteiger charge is 2.34. The fourth-order valence-electron chi connectivity index (χ4n) is 3.70. The quantitative estimate of drug-likeness (QED) is 0.587. The molecule has 1 saturated carbocycles. The number of hydrogen-bond donors (Lipinski definition) is 2. The van der Waals surface area contributed by atoms with Gasteiger partial charge in [0, 0.05) is 43.2 Å². The molecule has 0 amide bonds. The van der Waals surface area contributed by atoms with Crippen LogP contribution in [-0.2, 0) is 5.41 Å². The first-order valence-electron chi connectivity index (χ1n) is 9.53. The van der Waals surface area contributed by atoms with Crippen LogP contribution in [0.2, 0.25) is 5.02 Å². The van der Waals surface area contributed by atoms with Gasteiger partial charge in [-0.1, -0.05) is 31.5 Å². The molecule has 0 radical (unpaired) electrons. The molecule has 0 bridgehead atoms. The van der Waals surface area contributed by atoms with Crippen LogP contribution < -0.4 is 10.6 Å². The van der Waals surface area contributed by atoms with Gasteiger partial charge in [0.2, 0.25) is 0 Å². The van der Waals surface area contributed by atoms with Crippen molar-refractivity contribution in [2.75, 3.05) is 33.2 Å². The monoisotopic (exact) mass is 380 g/mol. The summed E-state index contributed by atoms with van der Waals surface area (Å²) >= 11 is 6.24. The molecule has 26 heavy (non-hydrogen) atoms. The predicted molar refractivity (Wildman–Crippen MR) is 107 cm³/mol. The van der Waals surface area contributed by atoms with E-state index in [0.717, 1.165) is 24.1 Å². The average molecular weight is 381 g/mol. The predicted octanol–water partition coefficient (Wildman–Crippen LogP) is 3.41. The van der Waals surface area contributed by atoms with Crippen LogP contribution in [0.4, 0.5) is 4.39 Å². The van der Waals surface area contributed by atoms with E-state index in [1.807, 2.05) is 0 Å². The largest absolute Gasteiger partial charge is 0.356 e. The Morgan fingerprint density at radius 3 is 2.73 bits per heavy atom. The Morgan fingerprint density at radius 2 is 2.08 bits per heavy atom. The van der Waals surface area contributed by atoms with Crippen LogP contribution in [0.15, 0.2) is 23.2 Å². The molecule has 1 unspecified atom stereocenters. The molecule has 3 rings (SSSR count). The lowest BCUT2D eigenvalue weighted by Crippen LogP contribution is -2.45. The summed E-state index contributed by atoms with van der Waals surface area (Å²) in [4.78, 5) is 6.96. The molecule has 1 aliphatic carbocycles. The Labute approximate surface area is 161 Å². The first kappa shape index (κ1) is 19.4. The first-order valence-corrected chi connectivity index (χ1v) is 9.91. The summed E-state index contributed by atoms with van der Waals surface area (Å²) in [6.07, 6.45) is 4.02. The number of nitrogens with zero attached hydrogens (tertiary/aromatic N) is 2. The molecule has 1 aromatic carbocycles. The summed E-state index contributed by atoms with van der Waals surface area (Å²) in [5.41, 5.74) is 0.692. The van der Waals surface area contributed by atoms with Gasteiger partial charge in [0.25, 0.3) is 0 Å². The van der Waals surface area contributed by atoms with Crippen LogP contribution in [0.3, 0.4) is 0 Å². The molecule has 1 aliphatic heterocycles. The SMILES string of the molecule is CN=C(NCC1CCN(C2CC2)C1)NCC(C)(C)c1ccc(F)cc1Cl. The summed E-state index contributed by atoms with van der Waals surface area (Å²) in [5, 5.41) is 7.32. The van der Waals surface area contributed by atoms with Gasteiger partial charge in [-0.25, -0.2) is 4.39 Å². The van der Waals surface area contributed by atoms with E-state index in [2.05, 4.69) is 34.4 Å². The van der Waals surface area contributed by atoms with Gasteiger partial charge in [-0.3, -0.25) is 4.99 Å². The van der Waals surface area contributed by atoms with E-state index < -0.39 is 0 Å². The molecule has 0 spiro atoms. The van der Waals surface area contributed by atoms with E-state index in [4.69, 9.17) is 11.6 Å². The number of halogens is 2. The van der Waals surface area contributed by atoms with Gasteiger partial charge in [-0.2, -0.15) is 0 Å². The van der Waals surface area contributed by atoms with Crippen molar-refractivity contribution in [2.24, 2.45) is 10.9 Å². The maximum absolute atomic E-state index is 13.3. The second kappa shape index (κ2) is 8.13. The van der Waals surface area contributed by atoms with Crippen molar-refractivity contribution in [1.29, 1.82) is 0 Å². The molecule has 2 N–H and O–H groups in total. The minimum Gasteiger partial charge on any atom is -0.356 e. The molecule has 1 aromatic rings. The van der Waals surface area contributed by atoms with Gasteiger partial charge in [-0.15, -0.1) is 0 Å². The highest BCUT2D eigenvalue weighted by atomic mass is 35.5. The Bertz CT molecular complexity index is 657. The van der Waals surface area contributed by atoms with Crippen molar-refractivity contribution in [3.8, 4) is 0 Å². The molecular weight excluding hydrogens is 351 g/mol. The second-order valence-electron chi connectivity index (χ2n) is 8.20. The molecule has 1 heterocycles. The first-order chi connectivity index (χ1) is 12.4. The molecule has 1 saturated heterocycles. The van der Waals surface area contributed by atoms with Crippen LogP contribution in [-0.4, -0.2) is 50.1 Å². The zero-order valence-corrected chi connectivity index (χ0v) is 16.7. The maximum Gasteiger partial charge on any atom is 0.191 e. The van der Waals surface area contributed by atoms with Gasteiger partial charge in [0.1, 0.15) is 5.82 Å². The van der Waals surface area contributed by atoms with E-state index in [9.17, 15) is 4.39 Å². The molecular formula is C20H30ClFN4. The number of aliphatic imine (C=N–C) groups is 1. The lowest BCUT2D eigenvalue weighted by atomic mass is 9.84. The molecule has 0 aromatic heterocycles. The van der Waals surface area contributed by atoms with Crippen molar-refractivity contribution in [2.45, 2.75) is 44.6 Å². The summed E-state index contributed by atoms with van der Waals surface area (Å²) in [6, 6.07) is 5.46. The molecule has 6 heteroatoms. The van der Waals surface area contributed by atoms with Crippen molar-refractivity contribution >= 4 is 17.6 Å². The van der Waals surface area contributed by atoms with Crippen LogP contribution in [0, 0.1) is 11.7 Å². The Morgan fingerprint density at radius 1 is 1.31 bits per heavy atom. The van der Waals surface area contributed by atoms with Crippen molar-refractivity contribution in [3.05, 3.63) is 34.6 Å². The normalized spacial score (nSPS) is 21.9. The van der Waals surface area contributed by atoms with Crippen molar-refractivity contribution in [1.82, 2.24) is 15.5 Å². The third-order valence-corrected chi connectivity index (χ3v) is 5.83. The summed E-state index contributed by atoms with van der Waals surface area (Å²) in [7, 11) is 1.79. The van der Waals surface area contributed by atoms with Gasteiger partial charge >= 0.3 is 0 Å². The number of likely N-dealkylation sites (tertiary alicyclic amines) is 1. The fraction of sp³-hybridized carbons (Fsp3) is 0.650. The van der Waals surface area contributed by atoms with Crippen LogP contribution >= 0.6 is 11.6 Å². The number of guanidine groups is 1. The van der Waals surface area contributed by atoms with E-state index in [-0.39, 0.29) is 11.2 Å². The standard InChI is InChI=1S/C20H30ClFN4/c1-20(2,17-7-4-15(22)10-18(17)21)13-25-19(23-3)24-11-14-8-9-26(12-14)16-5-6-16/h4,7,10,14,16H,5-6,8-9,11-13H2,1-3H3,(H2,23,24,25). The summed E-state index contributed by atoms with van der Waals surface area (Å²) < 4.78 is 13.3. The average Bonchev–Trinajstić information content (AvgIpc) is 3.33. The smallest absolute Gasteiger partial charge is 0.191 e. The van der Waals surface area contributed by atoms with Crippen molar-refractivity contribution < 1.29 is 4.39 Å². The van der Waals surface area contributed by atoms with Crippen molar-refractivity contribution in [3.63, 3.8) is 0 Å². The minimum atomic E-state index is -0.309. The zero-order chi connectivity index (χ0) is 18.7.